The van der Waals surface area contributed by atoms with E-state index < -0.39 is 0 Å². The van der Waals surface area contributed by atoms with Gasteiger partial charge in [-0.15, -0.1) is 10.2 Å². The van der Waals surface area contributed by atoms with Crippen molar-refractivity contribution in [2.24, 2.45) is 5.92 Å². The minimum absolute atomic E-state index is 0.0436. The molecule has 0 spiro atoms. The number of aromatic nitrogens is 3. The van der Waals surface area contributed by atoms with Crippen LogP contribution >= 0.6 is 11.6 Å². The first-order valence-electron chi connectivity index (χ1n) is 7.63. The molecule has 1 aliphatic heterocycles. The molecule has 1 fully saturated rings. The molecule has 0 aromatic carbocycles. The Kier molecular flexibility index (Phi) is 5.02. The number of nitrogens with one attached hydrogen (secondary N) is 1. The second-order valence-corrected chi connectivity index (χ2v) is 5.97. The Morgan fingerprint density at radius 3 is 3.00 bits per heavy atom. The standard InChI is InChI=1S/C16H18ClN5O/c17-14-5-6-15(21-20-14)22-8-2-4-13(11-22)16(23)19-10-12-3-1-7-18-9-12/h1,3,5-7,9,13H,2,4,8,10-11H2,(H,19,23)/t13-/m0/s1. The summed E-state index contributed by atoms with van der Waals surface area (Å²) in [7, 11) is 0. The third kappa shape index (κ3) is 4.16. The van der Waals surface area contributed by atoms with Gasteiger partial charge in [-0.3, -0.25) is 9.78 Å². The molecule has 1 atom stereocenters. The van der Waals surface area contributed by atoms with Crippen molar-refractivity contribution in [2.75, 3.05) is 18.0 Å². The maximum atomic E-state index is 12.4. The van der Waals surface area contributed by atoms with E-state index in [0.29, 0.717) is 18.2 Å². The molecule has 2 aromatic heterocycles. The first-order chi connectivity index (χ1) is 11.2. The molecule has 7 heteroatoms. The topological polar surface area (TPSA) is 71.0 Å². The van der Waals surface area contributed by atoms with Crippen LogP contribution in [0.1, 0.15) is 18.4 Å². The highest BCUT2D eigenvalue weighted by molar-refractivity contribution is 6.29. The highest BCUT2D eigenvalue weighted by Gasteiger charge is 2.26. The molecule has 3 rings (SSSR count). The van der Waals surface area contributed by atoms with E-state index in [4.69, 9.17) is 11.6 Å². The highest BCUT2D eigenvalue weighted by Crippen LogP contribution is 2.22. The van der Waals surface area contributed by atoms with Crippen molar-refractivity contribution >= 4 is 23.3 Å². The van der Waals surface area contributed by atoms with Crippen molar-refractivity contribution in [3.8, 4) is 0 Å². The van der Waals surface area contributed by atoms with Crippen LogP contribution in [0.15, 0.2) is 36.7 Å². The van der Waals surface area contributed by atoms with Gasteiger partial charge in [0.25, 0.3) is 0 Å². The van der Waals surface area contributed by atoms with E-state index >= 15 is 0 Å². The third-order valence-electron chi connectivity index (χ3n) is 3.92. The molecule has 0 unspecified atom stereocenters. The summed E-state index contributed by atoms with van der Waals surface area (Å²) in [6.45, 7) is 2.03. The van der Waals surface area contributed by atoms with Crippen molar-refractivity contribution in [1.29, 1.82) is 0 Å². The Labute approximate surface area is 139 Å². The minimum Gasteiger partial charge on any atom is -0.354 e. The molecule has 120 valence electrons. The van der Waals surface area contributed by atoms with Crippen molar-refractivity contribution < 1.29 is 4.79 Å². The van der Waals surface area contributed by atoms with Gasteiger partial charge >= 0.3 is 0 Å². The van der Waals surface area contributed by atoms with E-state index in [1.165, 1.54) is 0 Å². The molecule has 1 aliphatic rings. The van der Waals surface area contributed by atoms with Gasteiger partial charge in [-0.2, -0.15) is 0 Å². The molecule has 0 bridgehead atoms. The maximum absolute atomic E-state index is 12.4. The quantitative estimate of drug-likeness (QED) is 0.928. The number of amides is 1. The third-order valence-corrected chi connectivity index (χ3v) is 4.13. The molecule has 2 aromatic rings. The summed E-state index contributed by atoms with van der Waals surface area (Å²) in [6, 6.07) is 7.37. The molecule has 1 amide bonds. The molecule has 6 nitrogen and oxygen atoms in total. The fourth-order valence-electron chi connectivity index (χ4n) is 2.71. The summed E-state index contributed by atoms with van der Waals surface area (Å²) in [4.78, 5) is 18.5. The van der Waals surface area contributed by atoms with Gasteiger partial charge in [-0.25, -0.2) is 0 Å². The van der Waals surface area contributed by atoms with Crippen molar-refractivity contribution in [1.82, 2.24) is 20.5 Å². The van der Waals surface area contributed by atoms with Crippen molar-refractivity contribution in [2.45, 2.75) is 19.4 Å². The van der Waals surface area contributed by atoms with Gasteiger partial charge in [0, 0.05) is 32.0 Å². The zero-order chi connectivity index (χ0) is 16.1. The second-order valence-electron chi connectivity index (χ2n) is 5.58. The summed E-state index contributed by atoms with van der Waals surface area (Å²) in [6.07, 6.45) is 5.32. The number of halogens is 1. The van der Waals surface area contributed by atoms with E-state index in [0.717, 1.165) is 30.8 Å². The van der Waals surface area contributed by atoms with Crippen LogP contribution in [0.5, 0.6) is 0 Å². The lowest BCUT2D eigenvalue weighted by molar-refractivity contribution is -0.125. The summed E-state index contributed by atoms with van der Waals surface area (Å²) < 4.78 is 0. The van der Waals surface area contributed by atoms with E-state index in [1.807, 2.05) is 18.2 Å². The lowest BCUT2D eigenvalue weighted by Gasteiger charge is -2.32. The van der Waals surface area contributed by atoms with Gasteiger partial charge in [0.2, 0.25) is 5.91 Å². The molecular formula is C16H18ClN5O. The first kappa shape index (κ1) is 15.7. The number of pyridine rings is 1. The number of nitrogens with zero attached hydrogens (tertiary/aromatic N) is 4. The number of hydrogen-bond acceptors (Lipinski definition) is 5. The maximum Gasteiger partial charge on any atom is 0.225 e. The fraction of sp³-hybridized carbons (Fsp3) is 0.375. The molecular weight excluding hydrogens is 314 g/mol. The Morgan fingerprint density at radius 1 is 1.35 bits per heavy atom. The number of carbonyl (C=O) groups is 1. The predicted octanol–water partition coefficient (Wildman–Crippen LogP) is 2.06. The molecule has 0 saturated carbocycles. The number of rotatable bonds is 4. The average Bonchev–Trinajstić information content (AvgIpc) is 2.61. The lowest BCUT2D eigenvalue weighted by Crippen LogP contribution is -2.43. The Hall–Kier alpha value is -2.21. The Morgan fingerprint density at radius 2 is 2.26 bits per heavy atom. The number of piperidine rings is 1. The van der Waals surface area contributed by atoms with Gasteiger partial charge < -0.3 is 10.2 Å². The Bertz CT molecular complexity index is 649. The predicted molar refractivity (Wildman–Crippen MR) is 88.1 cm³/mol. The van der Waals surface area contributed by atoms with Crippen LogP contribution < -0.4 is 10.2 Å². The van der Waals surface area contributed by atoms with Gasteiger partial charge in [-0.1, -0.05) is 17.7 Å². The molecule has 3 heterocycles. The minimum atomic E-state index is -0.0436. The van der Waals surface area contributed by atoms with Gasteiger partial charge in [0.1, 0.15) is 0 Å². The van der Waals surface area contributed by atoms with Crippen LogP contribution in [0, 0.1) is 5.92 Å². The zero-order valence-electron chi connectivity index (χ0n) is 12.7. The smallest absolute Gasteiger partial charge is 0.225 e. The lowest BCUT2D eigenvalue weighted by atomic mass is 9.97. The van der Waals surface area contributed by atoms with Crippen LogP contribution in [0.25, 0.3) is 0 Å². The van der Waals surface area contributed by atoms with Gasteiger partial charge in [-0.05, 0) is 36.6 Å². The largest absolute Gasteiger partial charge is 0.354 e. The second kappa shape index (κ2) is 7.37. The summed E-state index contributed by atoms with van der Waals surface area (Å²) >= 11 is 5.77. The highest BCUT2D eigenvalue weighted by atomic mass is 35.5. The molecule has 0 radical (unpaired) electrons. The van der Waals surface area contributed by atoms with Crippen LogP contribution in [0.2, 0.25) is 5.15 Å². The van der Waals surface area contributed by atoms with Gasteiger partial charge in [0.15, 0.2) is 11.0 Å². The van der Waals surface area contributed by atoms with Crippen molar-refractivity contribution in [3.63, 3.8) is 0 Å². The van der Waals surface area contributed by atoms with Gasteiger partial charge in [0.05, 0.1) is 5.92 Å². The Balaban J connectivity index is 1.57. The van der Waals surface area contributed by atoms with Crippen LogP contribution in [0.4, 0.5) is 5.82 Å². The monoisotopic (exact) mass is 331 g/mol. The molecule has 1 saturated heterocycles. The SMILES string of the molecule is O=C(NCc1cccnc1)[C@H]1CCCN(c2ccc(Cl)nn2)C1. The van der Waals surface area contributed by atoms with Crippen LogP contribution in [-0.2, 0) is 11.3 Å². The zero-order valence-corrected chi connectivity index (χ0v) is 13.4. The first-order valence-corrected chi connectivity index (χ1v) is 8.01. The molecule has 1 N–H and O–H groups in total. The normalized spacial score (nSPS) is 17.8. The van der Waals surface area contributed by atoms with Crippen molar-refractivity contribution in [3.05, 3.63) is 47.4 Å². The van der Waals surface area contributed by atoms with E-state index in [2.05, 4.69) is 25.4 Å². The molecule has 23 heavy (non-hydrogen) atoms. The van der Waals surface area contributed by atoms with E-state index in [9.17, 15) is 4.79 Å². The van der Waals surface area contributed by atoms with E-state index in [-0.39, 0.29) is 11.8 Å². The number of carbonyl (C=O) groups excluding carboxylic acids is 1. The fourth-order valence-corrected chi connectivity index (χ4v) is 2.81. The summed E-state index contributed by atoms with van der Waals surface area (Å²) in [5, 5.41) is 11.3. The number of anilines is 1. The average molecular weight is 332 g/mol. The summed E-state index contributed by atoms with van der Waals surface area (Å²) in [5.74, 6) is 0.789. The van der Waals surface area contributed by atoms with E-state index in [1.54, 1.807) is 18.5 Å². The summed E-state index contributed by atoms with van der Waals surface area (Å²) in [5.41, 5.74) is 0.997. The van der Waals surface area contributed by atoms with Crippen LogP contribution in [-0.4, -0.2) is 34.2 Å². The van der Waals surface area contributed by atoms with Crippen LogP contribution in [0.3, 0.4) is 0 Å². The molecule has 0 aliphatic carbocycles. The number of hydrogen-bond donors (Lipinski definition) is 1.